The largest absolute Gasteiger partial charge is 0.465 e. The van der Waals surface area contributed by atoms with E-state index in [2.05, 4.69) is 35.9 Å². The molecule has 3 rings (SSSR count). The van der Waals surface area contributed by atoms with E-state index >= 15 is 0 Å². The standard InChI is InChI=1S/C19H22ClN3O3/c1-4-16-17-8-5-12(2)22(17)9-10-23(16)19(25)21-15-11-13(20)6-7-14(15)18(24)26-3/h5-8,11,16H,4,9-10H2,1-3H3,(H,21,25). The van der Waals surface area contributed by atoms with Crippen molar-refractivity contribution in [1.82, 2.24) is 9.47 Å². The van der Waals surface area contributed by atoms with Gasteiger partial charge in [-0.15, -0.1) is 0 Å². The van der Waals surface area contributed by atoms with Crippen LogP contribution in [0, 0.1) is 6.92 Å². The fourth-order valence-electron chi connectivity index (χ4n) is 3.48. The van der Waals surface area contributed by atoms with Gasteiger partial charge in [0.25, 0.3) is 0 Å². The molecule has 1 aromatic carbocycles. The van der Waals surface area contributed by atoms with Gasteiger partial charge in [-0.1, -0.05) is 18.5 Å². The van der Waals surface area contributed by atoms with Crippen LogP contribution in [0.4, 0.5) is 10.5 Å². The number of carbonyl (C=O) groups is 2. The predicted molar refractivity (Wildman–Crippen MR) is 101 cm³/mol. The van der Waals surface area contributed by atoms with Crippen LogP contribution in [0.3, 0.4) is 0 Å². The Balaban J connectivity index is 1.87. The first-order valence-corrected chi connectivity index (χ1v) is 8.95. The van der Waals surface area contributed by atoms with Gasteiger partial charge in [0.2, 0.25) is 0 Å². The number of rotatable bonds is 3. The number of methoxy groups -OCH3 is 1. The van der Waals surface area contributed by atoms with Gasteiger partial charge in [0, 0.05) is 29.5 Å². The Labute approximate surface area is 157 Å². The van der Waals surface area contributed by atoms with Crippen molar-refractivity contribution in [2.24, 2.45) is 0 Å². The lowest BCUT2D eigenvalue weighted by Crippen LogP contribution is -2.44. The highest BCUT2D eigenvalue weighted by atomic mass is 35.5. The van der Waals surface area contributed by atoms with E-state index < -0.39 is 5.97 Å². The molecule has 0 radical (unpaired) electrons. The van der Waals surface area contributed by atoms with Crippen molar-refractivity contribution in [3.63, 3.8) is 0 Å². The van der Waals surface area contributed by atoms with Gasteiger partial charge in [0.1, 0.15) is 0 Å². The van der Waals surface area contributed by atoms with Crippen LogP contribution < -0.4 is 5.32 Å². The molecular weight excluding hydrogens is 354 g/mol. The Bertz CT molecular complexity index is 847. The summed E-state index contributed by atoms with van der Waals surface area (Å²) in [4.78, 5) is 26.7. The summed E-state index contributed by atoms with van der Waals surface area (Å²) in [6.45, 7) is 5.47. The van der Waals surface area contributed by atoms with E-state index in [4.69, 9.17) is 16.3 Å². The van der Waals surface area contributed by atoms with E-state index in [0.29, 0.717) is 17.3 Å². The van der Waals surface area contributed by atoms with Gasteiger partial charge in [-0.2, -0.15) is 0 Å². The Morgan fingerprint density at radius 3 is 2.73 bits per heavy atom. The second kappa shape index (κ2) is 7.41. The number of anilines is 1. The van der Waals surface area contributed by atoms with Crippen LogP contribution in [0.5, 0.6) is 0 Å². The van der Waals surface area contributed by atoms with Gasteiger partial charge in [0.15, 0.2) is 0 Å². The molecular formula is C19H22ClN3O3. The molecule has 0 aliphatic carbocycles. The molecule has 0 saturated carbocycles. The number of ether oxygens (including phenoxy) is 1. The average molecular weight is 376 g/mol. The van der Waals surface area contributed by atoms with E-state index in [0.717, 1.165) is 18.7 Å². The topological polar surface area (TPSA) is 63.6 Å². The van der Waals surface area contributed by atoms with Gasteiger partial charge >= 0.3 is 12.0 Å². The Morgan fingerprint density at radius 1 is 1.27 bits per heavy atom. The van der Waals surface area contributed by atoms with E-state index in [1.807, 2.05) is 0 Å². The number of aryl methyl sites for hydroxylation is 1. The number of nitrogens with zero attached hydrogens (tertiary/aromatic N) is 2. The first-order valence-electron chi connectivity index (χ1n) is 8.57. The molecule has 1 atom stereocenters. The van der Waals surface area contributed by atoms with E-state index in [1.165, 1.54) is 12.8 Å². The summed E-state index contributed by atoms with van der Waals surface area (Å²) < 4.78 is 7.03. The maximum absolute atomic E-state index is 12.9. The minimum atomic E-state index is -0.521. The zero-order chi connectivity index (χ0) is 18.8. The summed E-state index contributed by atoms with van der Waals surface area (Å²) in [6, 6.07) is 8.57. The van der Waals surface area contributed by atoms with Crippen molar-refractivity contribution in [2.75, 3.05) is 19.0 Å². The third-order valence-electron chi connectivity index (χ3n) is 4.79. The monoisotopic (exact) mass is 375 g/mol. The summed E-state index contributed by atoms with van der Waals surface area (Å²) in [5.41, 5.74) is 2.95. The smallest absolute Gasteiger partial charge is 0.339 e. The number of hydrogen-bond donors (Lipinski definition) is 1. The summed E-state index contributed by atoms with van der Waals surface area (Å²) in [6.07, 6.45) is 0.802. The normalized spacial score (nSPS) is 16.2. The molecule has 1 aromatic heterocycles. The van der Waals surface area contributed by atoms with Gasteiger partial charge in [0.05, 0.1) is 24.4 Å². The molecule has 1 N–H and O–H groups in total. The number of benzene rings is 1. The van der Waals surface area contributed by atoms with Crippen LogP contribution in [0.15, 0.2) is 30.3 Å². The quantitative estimate of drug-likeness (QED) is 0.816. The molecule has 0 bridgehead atoms. The second-order valence-electron chi connectivity index (χ2n) is 6.28. The molecule has 26 heavy (non-hydrogen) atoms. The number of fused-ring (bicyclic) bond motifs is 1. The number of urea groups is 1. The molecule has 2 heterocycles. The zero-order valence-electron chi connectivity index (χ0n) is 15.1. The fourth-order valence-corrected chi connectivity index (χ4v) is 3.65. The SMILES string of the molecule is CCC1c2ccc(C)n2CCN1C(=O)Nc1cc(Cl)ccc1C(=O)OC. The van der Waals surface area contributed by atoms with Crippen LogP contribution >= 0.6 is 11.6 Å². The zero-order valence-corrected chi connectivity index (χ0v) is 15.8. The molecule has 1 aliphatic heterocycles. The highest BCUT2D eigenvalue weighted by molar-refractivity contribution is 6.31. The third kappa shape index (κ3) is 3.29. The summed E-state index contributed by atoms with van der Waals surface area (Å²) in [7, 11) is 1.30. The third-order valence-corrected chi connectivity index (χ3v) is 5.03. The number of esters is 1. The van der Waals surface area contributed by atoms with Crippen molar-refractivity contribution >= 4 is 29.3 Å². The lowest BCUT2D eigenvalue weighted by Gasteiger charge is -2.37. The predicted octanol–water partition coefficient (Wildman–Crippen LogP) is 4.24. The van der Waals surface area contributed by atoms with Crippen LogP contribution in [0.25, 0.3) is 0 Å². The highest BCUT2D eigenvalue weighted by Gasteiger charge is 2.31. The van der Waals surface area contributed by atoms with Crippen molar-refractivity contribution < 1.29 is 14.3 Å². The molecule has 2 aromatic rings. The van der Waals surface area contributed by atoms with Crippen LogP contribution in [-0.4, -0.2) is 35.1 Å². The Hall–Kier alpha value is -2.47. The fraction of sp³-hybridized carbons (Fsp3) is 0.368. The minimum absolute atomic E-state index is 0.0155. The number of carbonyl (C=O) groups excluding carboxylic acids is 2. The number of amides is 2. The number of hydrogen-bond acceptors (Lipinski definition) is 3. The lowest BCUT2D eigenvalue weighted by atomic mass is 10.1. The van der Waals surface area contributed by atoms with Gasteiger partial charge in [-0.25, -0.2) is 9.59 Å². The van der Waals surface area contributed by atoms with Crippen molar-refractivity contribution in [1.29, 1.82) is 0 Å². The molecule has 0 fully saturated rings. The Kier molecular flexibility index (Phi) is 5.23. The van der Waals surface area contributed by atoms with Crippen LogP contribution in [0.1, 0.15) is 41.1 Å². The highest BCUT2D eigenvalue weighted by Crippen LogP contribution is 2.31. The Morgan fingerprint density at radius 2 is 2.04 bits per heavy atom. The van der Waals surface area contributed by atoms with Crippen LogP contribution in [0.2, 0.25) is 5.02 Å². The van der Waals surface area contributed by atoms with Gasteiger partial charge in [-0.3, -0.25) is 0 Å². The van der Waals surface area contributed by atoms with Crippen molar-refractivity contribution in [2.45, 2.75) is 32.9 Å². The average Bonchev–Trinajstić information content (AvgIpc) is 3.01. The van der Waals surface area contributed by atoms with Crippen molar-refractivity contribution in [3.05, 3.63) is 52.3 Å². The lowest BCUT2D eigenvalue weighted by molar-refractivity contribution is 0.0602. The first-order chi connectivity index (χ1) is 12.5. The van der Waals surface area contributed by atoms with E-state index in [1.54, 1.807) is 23.1 Å². The minimum Gasteiger partial charge on any atom is -0.465 e. The molecule has 1 aliphatic rings. The molecule has 1 unspecified atom stereocenters. The molecule has 6 nitrogen and oxygen atoms in total. The summed E-state index contributed by atoms with van der Waals surface area (Å²) >= 11 is 6.04. The van der Waals surface area contributed by atoms with Gasteiger partial charge in [-0.05, 0) is 43.7 Å². The summed E-state index contributed by atoms with van der Waals surface area (Å²) in [5, 5.41) is 3.26. The number of halogens is 1. The maximum atomic E-state index is 12.9. The molecule has 138 valence electrons. The van der Waals surface area contributed by atoms with Crippen molar-refractivity contribution in [3.8, 4) is 0 Å². The van der Waals surface area contributed by atoms with E-state index in [-0.39, 0.29) is 17.6 Å². The van der Waals surface area contributed by atoms with Gasteiger partial charge < -0.3 is 19.5 Å². The molecule has 0 saturated heterocycles. The number of aromatic nitrogens is 1. The first kappa shape index (κ1) is 18.3. The molecule has 2 amide bonds. The number of nitrogens with one attached hydrogen (secondary N) is 1. The maximum Gasteiger partial charge on any atom is 0.339 e. The molecule has 0 spiro atoms. The summed E-state index contributed by atoms with van der Waals surface area (Å²) in [5.74, 6) is -0.521. The van der Waals surface area contributed by atoms with E-state index in [9.17, 15) is 9.59 Å². The molecule has 7 heteroatoms. The second-order valence-corrected chi connectivity index (χ2v) is 6.72. The van der Waals surface area contributed by atoms with Crippen LogP contribution in [-0.2, 0) is 11.3 Å².